The maximum atomic E-state index is 12.7. The summed E-state index contributed by atoms with van der Waals surface area (Å²) in [6, 6.07) is 0. The lowest BCUT2D eigenvalue weighted by Crippen LogP contribution is -2.36. The molecule has 0 bridgehead atoms. The molecule has 1 aliphatic heterocycles. The average Bonchev–Trinajstić information content (AvgIpc) is 3.05. The summed E-state index contributed by atoms with van der Waals surface area (Å²) in [5.74, 6) is 0.213. The Balaban J connectivity index is 1.58. The molecule has 24 heavy (non-hydrogen) atoms. The number of amides is 1. The lowest BCUT2D eigenvalue weighted by molar-refractivity contribution is -0.130. The fourth-order valence-electron chi connectivity index (χ4n) is 3.26. The van der Waals surface area contributed by atoms with Crippen LogP contribution in [0.15, 0.2) is 10.9 Å². The van der Waals surface area contributed by atoms with Crippen molar-refractivity contribution in [2.24, 2.45) is 7.05 Å². The third kappa shape index (κ3) is 3.84. The molecule has 130 valence electrons. The first-order valence-corrected chi connectivity index (χ1v) is 9.35. The summed E-state index contributed by atoms with van der Waals surface area (Å²) in [7, 11) is 1.93. The van der Waals surface area contributed by atoms with Gasteiger partial charge in [-0.05, 0) is 20.3 Å². The fraction of sp³-hybridized carbons (Fsp3) is 0.588. The maximum absolute atomic E-state index is 12.7. The number of thiazole rings is 1. The number of aromatic nitrogens is 3. The minimum atomic E-state index is 0.213. The molecule has 0 saturated carbocycles. The number of hydrogen-bond donors (Lipinski definition) is 0. The first-order valence-electron chi connectivity index (χ1n) is 8.41. The fourth-order valence-corrected chi connectivity index (χ4v) is 3.81. The van der Waals surface area contributed by atoms with Crippen molar-refractivity contribution in [2.45, 2.75) is 33.2 Å². The van der Waals surface area contributed by atoms with Gasteiger partial charge in [0.1, 0.15) is 0 Å². The van der Waals surface area contributed by atoms with Crippen LogP contribution in [0, 0.1) is 13.8 Å². The molecule has 0 aromatic carbocycles. The van der Waals surface area contributed by atoms with Crippen molar-refractivity contribution >= 4 is 17.2 Å². The second kappa shape index (κ2) is 7.44. The van der Waals surface area contributed by atoms with Crippen LogP contribution < -0.4 is 0 Å². The molecule has 1 saturated heterocycles. The number of nitrogens with zero attached hydrogens (tertiary/aromatic N) is 5. The number of carbonyl (C=O) groups excluding carboxylic acids is 1. The molecule has 0 radical (unpaired) electrons. The molecular formula is C17H25N5OS. The minimum Gasteiger partial charge on any atom is -0.341 e. The van der Waals surface area contributed by atoms with Crippen LogP contribution in [0.5, 0.6) is 0 Å². The molecule has 2 aromatic rings. The van der Waals surface area contributed by atoms with Gasteiger partial charge in [0, 0.05) is 56.4 Å². The Morgan fingerprint density at radius 3 is 2.75 bits per heavy atom. The summed E-state index contributed by atoms with van der Waals surface area (Å²) in [6.07, 6.45) is 1.47. The second-order valence-electron chi connectivity index (χ2n) is 6.44. The van der Waals surface area contributed by atoms with E-state index >= 15 is 0 Å². The minimum absolute atomic E-state index is 0.213. The Morgan fingerprint density at radius 1 is 1.25 bits per heavy atom. The van der Waals surface area contributed by atoms with Crippen LogP contribution in [0.4, 0.5) is 0 Å². The van der Waals surface area contributed by atoms with Crippen LogP contribution in [0.1, 0.15) is 29.1 Å². The Hall–Kier alpha value is -1.73. The molecule has 1 fully saturated rings. The lowest BCUT2D eigenvalue weighted by atomic mass is 10.1. The average molecular weight is 347 g/mol. The molecule has 7 heteroatoms. The van der Waals surface area contributed by atoms with Gasteiger partial charge in [-0.1, -0.05) is 0 Å². The number of aryl methyl sites for hydroxylation is 2. The van der Waals surface area contributed by atoms with E-state index in [9.17, 15) is 4.79 Å². The van der Waals surface area contributed by atoms with Crippen molar-refractivity contribution in [3.8, 4) is 0 Å². The highest BCUT2D eigenvalue weighted by Crippen LogP contribution is 2.15. The predicted molar refractivity (Wildman–Crippen MR) is 95.0 cm³/mol. The molecule has 2 aromatic heterocycles. The SMILES string of the molecule is Cc1nn(C)c(C)c1CC(=O)N1CCCN(Cc2cscn2)CC1. The smallest absolute Gasteiger partial charge is 0.227 e. The quantitative estimate of drug-likeness (QED) is 0.846. The lowest BCUT2D eigenvalue weighted by Gasteiger charge is -2.21. The molecule has 0 aliphatic carbocycles. The molecule has 6 nitrogen and oxygen atoms in total. The van der Waals surface area contributed by atoms with Gasteiger partial charge in [-0.25, -0.2) is 4.98 Å². The molecule has 1 aliphatic rings. The topological polar surface area (TPSA) is 54.3 Å². The van der Waals surface area contributed by atoms with Crippen LogP contribution in [0.3, 0.4) is 0 Å². The highest BCUT2D eigenvalue weighted by atomic mass is 32.1. The van der Waals surface area contributed by atoms with Crippen LogP contribution >= 0.6 is 11.3 Å². The van der Waals surface area contributed by atoms with Crippen LogP contribution in [0.25, 0.3) is 0 Å². The van der Waals surface area contributed by atoms with E-state index in [0.29, 0.717) is 6.42 Å². The standard InChI is InChI=1S/C17H25N5OS/c1-13-16(14(2)20(3)19-13)9-17(23)22-6-4-5-21(7-8-22)10-15-11-24-12-18-15/h11-12H,4-10H2,1-3H3. The van der Waals surface area contributed by atoms with Gasteiger partial charge in [0.15, 0.2) is 0 Å². The zero-order chi connectivity index (χ0) is 17.1. The summed E-state index contributed by atoms with van der Waals surface area (Å²) in [5.41, 5.74) is 6.12. The maximum Gasteiger partial charge on any atom is 0.227 e. The van der Waals surface area contributed by atoms with Gasteiger partial charge in [-0.15, -0.1) is 11.3 Å². The van der Waals surface area contributed by atoms with E-state index in [2.05, 4.69) is 20.4 Å². The number of hydrogen-bond acceptors (Lipinski definition) is 5. The predicted octanol–water partition coefficient (Wildman–Crippen LogP) is 1.77. The van der Waals surface area contributed by atoms with Gasteiger partial charge >= 0.3 is 0 Å². The van der Waals surface area contributed by atoms with E-state index in [1.807, 2.05) is 36.0 Å². The molecule has 1 amide bonds. The molecule has 0 atom stereocenters. The van der Waals surface area contributed by atoms with Crippen molar-refractivity contribution in [1.29, 1.82) is 0 Å². The Labute approximate surface area is 147 Å². The van der Waals surface area contributed by atoms with E-state index in [4.69, 9.17) is 0 Å². The van der Waals surface area contributed by atoms with Crippen LogP contribution in [0.2, 0.25) is 0 Å². The van der Waals surface area contributed by atoms with E-state index in [1.165, 1.54) is 0 Å². The summed E-state index contributed by atoms with van der Waals surface area (Å²) < 4.78 is 1.86. The largest absolute Gasteiger partial charge is 0.341 e. The van der Waals surface area contributed by atoms with Gasteiger partial charge in [-0.2, -0.15) is 5.10 Å². The molecule has 0 N–H and O–H groups in total. The third-order valence-electron chi connectivity index (χ3n) is 4.80. The van der Waals surface area contributed by atoms with E-state index in [-0.39, 0.29) is 5.91 Å². The molecule has 0 unspecified atom stereocenters. The number of rotatable bonds is 4. The Kier molecular flexibility index (Phi) is 5.30. The summed E-state index contributed by atoms with van der Waals surface area (Å²) >= 11 is 1.63. The van der Waals surface area contributed by atoms with Crippen molar-refractivity contribution in [3.63, 3.8) is 0 Å². The normalized spacial score (nSPS) is 16.4. The Morgan fingerprint density at radius 2 is 2.08 bits per heavy atom. The highest BCUT2D eigenvalue weighted by molar-refractivity contribution is 7.07. The Bertz CT molecular complexity index is 694. The summed E-state index contributed by atoms with van der Waals surface area (Å²) in [6.45, 7) is 8.45. The van der Waals surface area contributed by atoms with Gasteiger partial charge in [0.25, 0.3) is 0 Å². The second-order valence-corrected chi connectivity index (χ2v) is 7.16. The van der Waals surface area contributed by atoms with Crippen molar-refractivity contribution in [3.05, 3.63) is 33.5 Å². The van der Waals surface area contributed by atoms with Crippen molar-refractivity contribution in [2.75, 3.05) is 26.2 Å². The van der Waals surface area contributed by atoms with Crippen molar-refractivity contribution < 1.29 is 4.79 Å². The zero-order valence-corrected chi connectivity index (χ0v) is 15.5. The van der Waals surface area contributed by atoms with Gasteiger partial charge in [0.2, 0.25) is 5.91 Å². The summed E-state index contributed by atoms with van der Waals surface area (Å²) in [4.78, 5) is 21.5. The third-order valence-corrected chi connectivity index (χ3v) is 5.43. The van der Waals surface area contributed by atoms with Crippen LogP contribution in [-0.2, 0) is 24.8 Å². The van der Waals surface area contributed by atoms with Gasteiger partial charge in [0.05, 0.1) is 23.3 Å². The molecule has 3 heterocycles. The van der Waals surface area contributed by atoms with Gasteiger partial charge < -0.3 is 4.90 Å². The van der Waals surface area contributed by atoms with E-state index < -0.39 is 0 Å². The molecule has 0 spiro atoms. The van der Waals surface area contributed by atoms with E-state index in [1.54, 1.807) is 11.3 Å². The first-order chi connectivity index (χ1) is 11.5. The molecule has 3 rings (SSSR count). The molecular weight excluding hydrogens is 322 g/mol. The monoisotopic (exact) mass is 347 g/mol. The zero-order valence-electron chi connectivity index (χ0n) is 14.7. The van der Waals surface area contributed by atoms with Crippen LogP contribution in [-0.4, -0.2) is 56.7 Å². The van der Waals surface area contributed by atoms with Crippen molar-refractivity contribution in [1.82, 2.24) is 24.6 Å². The van der Waals surface area contributed by atoms with Gasteiger partial charge in [-0.3, -0.25) is 14.4 Å². The number of carbonyl (C=O) groups is 1. The highest BCUT2D eigenvalue weighted by Gasteiger charge is 2.22. The first kappa shape index (κ1) is 17.1. The van der Waals surface area contributed by atoms with E-state index in [0.717, 1.165) is 61.8 Å². The summed E-state index contributed by atoms with van der Waals surface area (Å²) in [5, 5.41) is 6.51.